The van der Waals surface area contributed by atoms with Gasteiger partial charge in [-0.05, 0) is 54.8 Å². The van der Waals surface area contributed by atoms with Crippen LogP contribution >= 0.6 is 0 Å². The van der Waals surface area contributed by atoms with E-state index < -0.39 is 5.82 Å². The van der Waals surface area contributed by atoms with Gasteiger partial charge in [-0.3, -0.25) is 4.79 Å². The first kappa shape index (κ1) is 17.4. The predicted octanol–water partition coefficient (Wildman–Crippen LogP) is 2.00. The lowest BCUT2D eigenvalue weighted by molar-refractivity contribution is -0.123. The second-order valence-corrected chi connectivity index (χ2v) is 8.10. The van der Waals surface area contributed by atoms with Crippen molar-refractivity contribution in [2.75, 3.05) is 17.2 Å². The van der Waals surface area contributed by atoms with E-state index in [4.69, 9.17) is 5.73 Å². The van der Waals surface area contributed by atoms with Crippen LogP contribution < -0.4 is 21.7 Å². The fraction of sp³-hybridized carbons (Fsp3) is 0.450. The smallest absolute Gasteiger partial charge is 0.229 e. The minimum absolute atomic E-state index is 0.112. The summed E-state index contributed by atoms with van der Waals surface area (Å²) in [6.07, 6.45) is 3.06. The Kier molecular flexibility index (Phi) is 4.16. The number of benzene rings is 1. The van der Waals surface area contributed by atoms with Crippen molar-refractivity contribution >= 4 is 23.4 Å². The molecule has 2 aliphatic carbocycles. The fourth-order valence-electron chi connectivity index (χ4n) is 5.31. The van der Waals surface area contributed by atoms with Crippen LogP contribution in [0.5, 0.6) is 0 Å². The van der Waals surface area contributed by atoms with Gasteiger partial charge in [-0.1, -0.05) is 12.1 Å². The molecule has 1 amide bonds. The zero-order valence-electron chi connectivity index (χ0n) is 15.4. The number of hydrogen-bond donors (Lipinski definition) is 4. The summed E-state index contributed by atoms with van der Waals surface area (Å²) in [5.74, 6) is 0.190. The van der Waals surface area contributed by atoms with Crippen LogP contribution in [-0.4, -0.2) is 28.5 Å². The highest BCUT2D eigenvalue weighted by molar-refractivity contribution is 5.79. The number of hydrogen-bond acceptors (Lipinski definition) is 6. The Morgan fingerprint density at radius 3 is 3.00 bits per heavy atom. The molecule has 28 heavy (non-hydrogen) atoms. The van der Waals surface area contributed by atoms with Crippen molar-refractivity contribution in [2.24, 2.45) is 29.4 Å². The molecule has 6 bridgehead atoms. The maximum Gasteiger partial charge on any atom is 0.229 e. The van der Waals surface area contributed by atoms with Crippen molar-refractivity contribution in [1.82, 2.24) is 15.3 Å². The van der Waals surface area contributed by atoms with Gasteiger partial charge in [0.1, 0.15) is 0 Å². The van der Waals surface area contributed by atoms with E-state index in [0.717, 1.165) is 43.4 Å². The van der Waals surface area contributed by atoms with Crippen molar-refractivity contribution < 1.29 is 9.18 Å². The van der Waals surface area contributed by atoms with E-state index in [1.54, 1.807) is 0 Å². The summed E-state index contributed by atoms with van der Waals surface area (Å²) >= 11 is 0. The highest BCUT2D eigenvalue weighted by Crippen LogP contribution is 2.52. The Morgan fingerprint density at radius 2 is 2.14 bits per heavy atom. The molecule has 5 atom stereocenters. The van der Waals surface area contributed by atoms with Gasteiger partial charge in [-0.15, -0.1) is 0 Å². The van der Waals surface area contributed by atoms with Crippen LogP contribution in [0, 0.1) is 29.5 Å². The average Bonchev–Trinajstić information content (AvgIpc) is 3.22. The van der Waals surface area contributed by atoms with E-state index in [0.29, 0.717) is 11.9 Å². The number of fused-ring (bicyclic) bond motifs is 5. The fourth-order valence-corrected chi connectivity index (χ4v) is 5.31. The van der Waals surface area contributed by atoms with Gasteiger partial charge in [-0.25, -0.2) is 9.37 Å². The normalized spacial score (nSPS) is 30.8. The quantitative estimate of drug-likeness (QED) is 0.601. The van der Waals surface area contributed by atoms with Gasteiger partial charge >= 0.3 is 0 Å². The number of halogens is 1. The Bertz CT molecular complexity index is 921. The molecule has 0 spiro atoms. The number of aromatic nitrogens is 2. The number of nitrogens with one attached hydrogen (secondary N) is 3. The number of anilines is 3. The maximum absolute atomic E-state index is 14.4. The molecule has 1 aliphatic heterocycles. The molecule has 0 radical (unpaired) electrons. The molecule has 2 heterocycles. The molecule has 3 aliphatic rings. The molecule has 1 aromatic heterocycles. The highest BCUT2D eigenvalue weighted by atomic mass is 19.1. The van der Waals surface area contributed by atoms with Gasteiger partial charge in [0, 0.05) is 18.3 Å². The van der Waals surface area contributed by atoms with Crippen molar-refractivity contribution in [3.8, 4) is 0 Å². The van der Waals surface area contributed by atoms with Gasteiger partial charge in [0.15, 0.2) is 11.6 Å². The van der Waals surface area contributed by atoms with Crippen molar-refractivity contribution in [1.29, 1.82) is 0 Å². The van der Waals surface area contributed by atoms with Crippen LogP contribution in [0.1, 0.15) is 18.4 Å². The number of rotatable bonds is 1. The van der Waals surface area contributed by atoms with E-state index in [9.17, 15) is 9.18 Å². The van der Waals surface area contributed by atoms with Gasteiger partial charge in [-0.2, -0.15) is 4.98 Å². The van der Waals surface area contributed by atoms with Crippen molar-refractivity contribution in [2.45, 2.75) is 25.4 Å². The minimum atomic E-state index is -0.535. The van der Waals surface area contributed by atoms with E-state index in [1.807, 2.05) is 18.2 Å². The standard InChI is InChI=1S/C20H23FN6O/c21-15-9-24-20-25-13-3-1-2-10(4-13)7-23-8-12-5-11-6-14(12)17(16(11)18(22)28)26-19(15)27-20/h1-4,9,11-12,14,16-17,23H,5-8H2,(H2,22,28)(H2,24,25,26,27)/t11-,12?,14-,16+,17-/m1/s1. The molecule has 2 saturated carbocycles. The van der Waals surface area contributed by atoms with Crippen molar-refractivity contribution in [3.63, 3.8) is 0 Å². The molecular formula is C20H23FN6O. The first-order chi connectivity index (χ1) is 13.6. The number of amides is 1. The summed E-state index contributed by atoms with van der Waals surface area (Å²) in [7, 11) is 0. The van der Waals surface area contributed by atoms with Gasteiger partial charge < -0.3 is 21.7 Å². The van der Waals surface area contributed by atoms with Crippen LogP contribution in [0.3, 0.4) is 0 Å². The van der Waals surface area contributed by atoms with Gasteiger partial charge in [0.2, 0.25) is 11.9 Å². The first-order valence-electron chi connectivity index (χ1n) is 9.73. The van der Waals surface area contributed by atoms with E-state index in [2.05, 4.69) is 32.0 Å². The van der Waals surface area contributed by atoms with Crippen LogP contribution in [-0.2, 0) is 11.3 Å². The third-order valence-corrected chi connectivity index (χ3v) is 6.44. The number of carbonyl (C=O) groups excluding carboxylic acids is 1. The molecule has 0 saturated heterocycles. The Balaban J connectivity index is 1.54. The first-order valence-corrected chi connectivity index (χ1v) is 9.73. The Labute approximate surface area is 162 Å². The lowest BCUT2D eigenvalue weighted by atomic mass is 9.77. The number of nitrogens with two attached hydrogens (primary N) is 1. The minimum Gasteiger partial charge on any atom is -0.369 e. The van der Waals surface area contributed by atoms with E-state index in [1.165, 1.54) is 0 Å². The van der Waals surface area contributed by atoms with Crippen LogP contribution in [0.4, 0.5) is 21.8 Å². The lowest BCUT2D eigenvalue weighted by Crippen LogP contribution is -2.47. The summed E-state index contributed by atoms with van der Waals surface area (Å²) in [4.78, 5) is 20.5. The third-order valence-electron chi connectivity index (χ3n) is 6.44. The van der Waals surface area contributed by atoms with Crippen LogP contribution in [0.25, 0.3) is 0 Å². The number of nitrogens with zero attached hydrogens (tertiary/aromatic N) is 2. The lowest BCUT2D eigenvalue weighted by Gasteiger charge is -2.35. The molecule has 2 fully saturated rings. The van der Waals surface area contributed by atoms with Gasteiger partial charge in [0.05, 0.1) is 12.1 Å². The molecule has 2 aromatic rings. The molecule has 1 aromatic carbocycles. The predicted molar refractivity (Wildman–Crippen MR) is 103 cm³/mol. The average molecular weight is 382 g/mol. The summed E-state index contributed by atoms with van der Waals surface area (Å²) < 4.78 is 14.4. The van der Waals surface area contributed by atoms with Crippen LogP contribution in [0.2, 0.25) is 0 Å². The van der Waals surface area contributed by atoms with Crippen LogP contribution in [0.15, 0.2) is 30.5 Å². The second kappa shape index (κ2) is 6.70. The summed E-state index contributed by atoms with van der Waals surface area (Å²) in [5.41, 5.74) is 7.69. The molecule has 5 N–H and O–H groups in total. The monoisotopic (exact) mass is 382 g/mol. The van der Waals surface area contributed by atoms with E-state index in [-0.39, 0.29) is 35.5 Å². The number of carbonyl (C=O) groups is 1. The Morgan fingerprint density at radius 1 is 1.25 bits per heavy atom. The molecule has 7 nitrogen and oxygen atoms in total. The summed E-state index contributed by atoms with van der Waals surface area (Å²) in [6.45, 7) is 1.62. The summed E-state index contributed by atoms with van der Waals surface area (Å²) in [6, 6.07) is 7.78. The molecule has 8 heteroatoms. The zero-order chi connectivity index (χ0) is 19.3. The number of primary amides is 1. The SMILES string of the molecule is NC(=O)[C@H]1[C@@H]2CC3CNCc4cccc(c4)Nc4ncc(F)c(n4)N[C@@H]1[C@@H]3C2. The molecule has 5 rings (SSSR count). The largest absolute Gasteiger partial charge is 0.369 e. The molecular weight excluding hydrogens is 359 g/mol. The topological polar surface area (TPSA) is 105 Å². The third kappa shape index (κ3) is 2.97. The summed E-state index contributed by atoms with van der Waals surface area (Å²) in [5, 5.41) is 9.88. The van der Waals surface area contributed by atoms with Gasteiger partial charge in [0.25, 0.3) is 0 Å². The second-order valence-electron chi connectivity index (χ2n) is 8.10. The zero-order valence-corrected chi connectivity index (χ0v) is 15.4. The van der Waals surface area contributed by atoms with Crippen molar-refractivity contribution in [3.05, 3.63) is 41.8 Å². The molecule has 146 valence electrons. The van der Waals surface area contributed by atoms with E-state index >= 15 is 0 Å². The molecule has 1 unspecified atom stereocenters. The highest BCUT2D eigenvalue weighted by Gasteiger charge is 2.54. The maximum atomic E-state index is 14.4. The Hall–Kier alpha value is -2.74.